The minimum absolute atomic E-state index is 0.0200. The molecule has 1 aliphatic rings. The molecule has 4 rings (SSSR count). The second-order valence-electron chi connectivity index (χ2n) is 7.12. The fourth-order valence-electron chi connectivity index (χ4n) is 3.40. The van der Waals surface area contributed by atoms with Crippen molar-refractivity contribution in [2.24, 2.45) is 0 Å². The highest BCUT2D eigenvalue weighted by Crippen LogP contribution is 2.63. The summed E-state index contributed by atoms with van der Waals surface area (Å²) in [5.74, 6) is -10.7. The highest BCUT2D eigenvalue weighted by atomic mass is 32.2. The Morgan fingerprint density at radius 3 is 1.44 bits per heavy atom. The maximum Gasteiger partial charge on any atom is 0.397 e. The Morgan fingerprint density at radius 2 is 0.969 bits per heavy atom. The molecule has 0 heterocycles. The normalized spacial score (nSPS) is 26.2. The van der Waals surface area contributed by atoms with Gasteiger partial charge in [0.05, 0.1) is 0 Å². The largest absolute Gasteiger partial charge is 0.397 e. The molecular formula is C24H17F6S2+. The van der Waals surface area contributed by atoms with Crippen LogP contribution in [0.15, 0.2) is 118 Å². The van der Waals surface area contributed by atoms with Gasteiger partial charge < -0.3 is 0 Å². The zero-order valence-corrected chi connectivity index (χ0v) is 18.0. The molecule has 0 aromatic heterocycles. The van der Waals surface area contributed by atoms with Gasteiger partial charge in [0.1, 0.15) is 10.9 Å². The quantitative estimate of drug-likeness (QED) is 0.204. The van der Waals surface area contributed by atoms with E-state index in [1.807, 2.05) is 0 Å². The van der Waals surface area contributed by atoms with Crippen molar-refractivity contribution in [3.63, 3.8) is 0 Å². The Balaban J connectivity index is 1.88. The smallest absolute Gasteiger partial charge is 0.220 e. The van der Waals surface area contributed by atoms with E-state index in [-0.39, 0.29) is 38.6 Å². The molecule has 0 aliphatic heterocycles. The first kappa shape index (κ1) is 22.9. The summed E-state index contributed by atoms with van der Waals surface area (Å²) in [7, 11) is -2.16. The highest BCUT2D eigenvalue weighted by Gasteiger charge is 2.85. The molecule has 0 spiro atoms. The number of hydrogen-bond acceptors (Lipinski definition) is 1. The van der Waals surface area contributed by atoms with Gasteiger partial charge in [-0.05, 0) is 42.5 Å². The van der Waals surface area contributed by atoms with E-state index >= 15 is 26.3 Å². The summed E-state index contributed by atoms with van der Waals surface area (Å²) < 4.78 is 92.9. The van der Waals surface area contributed by atoms with Crippen LogP contribution >= 0.6 is 11.8 Å². The summed E-state index contributed by atoms with van der Waals surface area (Å²) in [5.41, 5.74) is 0. The predicted octanol–water partition coefficient (Wildman–Crippen LogP) is 7.69. The van der Waals surface area contributed by atoms with Crippen molar-refractivity contribution < 1.29 is 26.3 Å². The lowest BCUT2D eigenvalue weighted by Gasteiger charge is -2.43. The summed E-state index contributed by atoms with van der Waals surface area (Å²) in [6.07, 6.45) is 0.525. The first-order valence-electron chi connectivity index (χ1n) is 9.55. The molecule has 32 heavy (non-hydrogen) atoms. The third-order valence-corrected chi connectivity index (χ3v) is 8.70. The first-order chi connectivity index (χ1) is 15.1. The number of alkyl halides is 6. The average Bonchev–Trinajstić information content (AvgIpc) is 2.79. The lowest BCUT2D eigenvalue weighted by Crippen LogP contribution is -2.67. The van der Waals surface area contributed by atoms with Crippen molar-refractivity contribution in [1.82, 2.24) is 0 Å². The Bertz CT molecular complexity index is 1050. The van der Waals surface area contributed by atoms with Crippen molar-refractivity contribution in [2.75, 3.05) is 0 Å². The molecule has 0 fully saturated rings. The summed E-state index contributed by atoms with van der Waals surface area (Å²) in [6, 6.07) is 22.0. The topological polar surface area (TPSA) is 0 Å². The monoisotopic (exact) mass is 483 g/mol. The lowest BCUT2D eigenvalue weighted by atomic mass is 9.94. The number of hydrogen-bond donors (Lipinski definition) is 0. The number of rotatable bonds is 5. The van der Waals surface area contributed by atoms with E-state index in [9.17, 15) is 0 Å². The van der Waals surface area contributed by atoms with E-state index < -0.39 is 32.7 Å². The summed E-state index contributed by atoms with van der Waals surface area (Å²) >= 11 is -0.0669. The summed E-state index contributed by atoms with van der Waals surface area (Å²) in [6.45, 7) is 0. The van der Waals surface area contributed by atoms with E-state index in [1.165, 1.54) is 72.8 Å². The van der Waals surface area contributed by atoms with Crippen molar-refractivity contribution >= 4 is 22.7 Å². The van der Waals surface area contributed by atoms with Crippen LogP contribution in [0.3, 0.4) is 0 Å². The van der Waals surface area contributed by atoms with Crippen LogP contribution < -0.4 is 0 Å². The second kappa shape index (κ2) is 8.23. The van der Waals surface area contributed by atoms with Gasteiger partial charge in [-0.25, -0.2) is 4.39 Å². The van der Waals surface area contributed by atoms with Crippen LogP contribution in [0, 0.1) is 0 Å². The molecule has 0 nitrogen and oxygen atoms in total. The van der Waals surface area contributed by atoms with Crippen LogP contribution in [0.2, 0.25) is 0 Å². The number of halogens is 6. The zero-order valence-electron chi connectivity index (χ0n) is 16.4. The van der Waals surface area contributed by atoms with Gasteiger partial charge in [0.15, 0.2) is 9.79 Å². The molecule has 3 aromatic rings. The molecule has 2 unspecified atom stereocenters. The maximum absolute atomic E-state index is 16.3. The van der Waals surface area contributed by atoms with Crippen LogP contribution in [0.5, 0.6) is 0 Å². The van der Waals surface area contributed by atoms with Crippen LogP contribution in [0.4, 0.5) is 26.3 Å². The molecule has 0 saturated heterocycles. The molecular weight excluding hydrogens is 466 g/mol. The van der Waals surface area contributed by atoms with E-state index in [0.717, 1.165) is 0 Å². The highest BCUT2D eigenvalue weighted by molar-refractivity contribution is 8.01. The second-order valence-corrected chi connectivity index (χ2v) is 10.5. The molecule has 0 amide bonds. The molecule has 3 aromatic carbocycles. The van der Waals surface area contributed by atoms with Gasteiger partial charge in [-0.2, -0.15) is 22.0 Å². The molecule has 1 aliphatic carbocycles. The van der Waals surface area contributed by atoms with Crippen molar-refractivity contribution in [3.05, 3.63) is 103 Å². The number of benzene rings is 3. The standard InChI is InChI=1S/C24H17F6S2/c25-21(31-18-10-4-1-5-11-18)16-17-22(26,24(29,30)23(21,27)28)32(19-12-6-2-7-13-19)20-14-8-3-9-15-20/h1-17H/q+1. The fraction of sp³-hybridized carbons (Fsp3) is 0.167. The van der Waals surface area contributed by atoms with Crippen LogP contribution in [0.25, 0.3) is 0 Å². The Labute approximate surface area is 188 Å². The van der Waals surface area contributed by atoms with E-state index in [2.05, 4.69) is 0 Å². The minimum atomic E-state index is -5.35. The van der Waals surface area contributed by atoms with Crippen LogP contribution in [-0.2, 0) is 10.9 Å². The van der Waals surface area contributed by atoms with E-state index in [4.69, 9.17) is 0 Å². The third-order valence-electron chi connectivity index (χ3n) is 5.03. The van der Waals surface area contributed by atoms with Gasteiger partial charge in [0.2, 0.25) is 5.00 Å². The maximum atomic E-state index is 16.3. The average molecular weight is 484 g/mol. The Hall–Kier alpha value is -2.32. The molecule has 0 N–H and O–H groups in total. The predicted molar refractivity (Wildman–Crippen MR) is 116 cm³/mol. The molecule has 8 heteroatoms. The number of thioether (sulfide) groups is 1. The SMILES string of the molecule is FC1(Sc2ccccc2)C=CC(F)([S+](c2ccccc2)c2ccccc2)C(F)(F)C1(F)F. The molecule has 0 radical (unpaired) electrons. The van der Waals surface area contributed by atoms with Crippen LogP contribution in [-0.4, -0.2) is 21.8 Å². The molecule has 0 saturated carbocycles. The molecule has 0 bridgehead atoms. The lowest BCUT2D eigenvalue weighted by molar-refractivity contribution is -0.270. The third kappa shape index (κ3) is 3.53. The van der Waals surface area contributed by atoms with Crippen LogP contribution in [0.1, 0.15) is 0 Å². The molecule has 2 atom stereocenters. The van der Waals surface area contributed by atoms with Crippen molar-refractivity contribution in [2.45, 2.75) is 36.5 Å². The van der Waals surface area contributed by atoms with Gasteiger partial charge in [0.25, 0.3) is 0 Å². The van der Waals surface area contributed by atoms with Gasteiger partial charge in [-0.1, -0.05) is 66.4 Å². The van der Waals surface area contributed by atoms with Gasteiger partial charge >= 0.3 is 16.8 Å². The summed E-state index contributed by atoms with van der Waals surface area (Å²) in [4.78, 5) is 0.221. The fourth-order valence-corrected chi connectivity index (χ4v) is 6.83. The summed E-state index contributed by atoms with van der Waals surface area (Å²) in [5, 5.41) is -7.69. The van der Waals surface area contributed by atoms with E-state index in [0.29, 0.717) is 0 Å². The Kier molecular flexibility index (Phi) is 5.88. The van der Waals surface area contributed by atoms with Gasteiger partial charge in [-0.15, -0.1) is 0 Å². The zero-order chi connectivity index (χ0) is 23.0. The van der Waals surface area contributed by atoms with E-state index in [1.54, 1.807) is 18.2 Å². The Morgan fingerprint density at radius 1 is 0.531 bits per heavy atom. The van der Waals surface area contributed by atoms with Crippen molar-refractivity contribution in [3.8, 4) is 0 Å². The van der Waals surface area contributed by atoms with Crippen molar-refractivity contribution in [1.29, 1.82) is 0 Å². The van der Waals surface area contributed by atoms with Gasteiger partial charge in [-0.3, -0.25) is 0 Å². The van der Waals surface area contributed by atoms with Gasteiger partial charge in [0, 0.05) is 11.0 Å². The minimum Gasteiger partial charge on any atom is -0.220 e. The molecule has 166 valence electrons. The first-order valence-corrected chi connectivity index (χ1v) is 11.6.